The van der Waals surface area contributed by atoms with Gasteiger partial charge in [0.25, 0.3) is 0 Å². The van der Waals surface area contributed by atoms with E-state index in [9.17, 15) is 22.4 Å². The number of carbonyl (C=O) groups is 1. The van der Waals surface area contributed by atoms with Crippen molar-refractivity contribution in [3.05, 3.63) is 0 Å². The maximum Gasteiger partial charge on any atom is 0.422 e. The van der Waals surface area contributed by atoms with Gasteiger partial charge in [0.2, 0.25) is 0 Å². The normalized spacial score (nSPS) is 11.3. The van der Waals surface area contributed by atoms with E-state index in [0.29, 0.717) is 0 Å². The molecule has 0 heterocycles. The lowest BCUT2D eigenvalue weighted by molar-refractivity contribution is -0.186. The van der Waals surface area contributed by atoms with Crippen LogP contribution in [0.1, 0.15) is 6.42 Å². The summed E-state index contributed by atoms with van der Waals surface area (Å²) in [7, 11) is 0. The van der Waals surface area contributed by atoms with Gasteiger partial charge in [-0.05, 0) is 0 Å². The molecule has 0 aromatic carbocycles. The van der Waals surface area contributed by atoms with Gasteiger partial charge in [0.05, 0.1) is 13.1 Å². The van der Waals surface area contributed by atoms with Crippen molar-refractivity contribution in [1.82, 2.24) is 0 Å². The Morgan fingerprint density at radius 3 is 2.27 bits per heavy atom. The molecule has 0 aliphatic rings. The molecule has 0 aromatic rings. The number of halogens is 4. The number of hydrogen-bond donors (Lipinski definition) is 0. The fourth-order valence-corrected chi connectivity index (χ4v) is 0.312. The summed E-state index contributed by atoms with van der Waals surface area (Å²) in [5.41, 5.74) is 0. The van der Waals surface area contributed by atoms with Crippen LogP contribution in [0.15, 0.2) is 0 Å². The molecule has 0 radical (unpaired) electrons. The van der Waals surface area contributed by atoms with Gasteiger partial charge in [-0.2, -0.15) is 13.2 Å². The molecule has 0 spiro atoms. The quantitative estimate of drug-likeness (QED) is 0.478. The van der Waals surface area contributed by atoms with Gasteiger partial charge in [-0.1, -0.05) is 0 Å². The Balaban J connectivity index is 3.46. The highest BCUT2D eigenvalue weighted by Gasteiger charge is 2.29. The van der Waals surface area contributed by atoms with Crippen LogP contribution in [0, 0.1) is 0 Å². The summed E-state index contributed by atoms with van der Waals surface area (Å²) >= 11 is 0. The van der Waals surface area contributed by atoms with Gasteiger partial charge in [0.15, 0.2) is 6.61 Å². The molecule has 0 unspecified atom stereocenters. The minimum Gasteiger partial charge on any atom is -0.456 e. The van der Waals surface area contributed by atoms with Gasteiger partial charge >= 0.3 is 12.1 Å². The minimum absolute atomic E-state index is 0.629. The molecule has 0 rings (SSSR count). The third-order valence-corrected chi connectivity index (χ3v) is 0.695. The number of ether oxygens (including phenoxy) is 1. The Bertz CT molecular complexity index is 131. The Labute approximate surface area is 60.1 Å². The van der Waals surface area contributed by atoms with Crippen LogP contribution in [0.5, 0.6) is 0 Å². The summed E-state index contributed by atoms with van der Waals surface area (Å²) in [5, 5.41) is 0. The highest BCUT2D eigenvalue weighted by atomic mass is 19.4. The molecule has 66 valence electrons. The first-order valence-electron chi connectivity index (χ1n) is 2.74. The van der Waals surface area contributed by atoms with Crippen molar-refractivity contribution in [2.75, 3.05) is 13.3 Å². The highest BCUT2D eigenvalue weighted by molar-refractivity contribution is 5.69. The third-order valence-electron chi connectivity index (χ3n) is 0.695. The third kappa shape index (κ3) is 7.08. The van der Waals surface area contributed by atoms with Crippen molar-refractivity contribution >= 4 is 5.97 Å². The Morgan fingerprint density at radius 2 is 1.91 bits per heavy atom. The van der Waals surface area contributed by atoms with Crippen LogP contribution in [0.3, 0.4) is 0 Å². The molecule has 11 heavy (non-hydrogen) atoms. The predicted molar refractivity (Wildman–Crippen MR) is 27.6 cm³/mol. The Kier molecular flexibility index (Phi) is 3.84. The molecule has 0 aromatic heterocycles. The SMILES string of the molecule is O=C(CCF)OCC(F)(F)F. The summed E-state index contributed by atoms with van der Waals surface area (Å²) in [6, 6.07) is 0. The molecule has 0 N–H and O–H groups in total. The zero-order valence-corrected chi connectivity index (χ0v) is 5.45. The maximum absolute atomic E-state index is 11.3. The molecule has 0 atom stereocenters. The summed E-state index contributed by atoms with van der Waals surface area (Å²) in [6.45, 7) is -2.65. The van der Waals surface area contributed by atoms with E-state index in [2.05, 4.69) is 4.74 Å². The first-order chi connectivity index (χ1) is 4.95. The smallest absolute Gasteiger partial charge is 0.422 e. The van der Waals surface area contributed by atoms with E-state index in [1.165, 1.54) is 0 Å². The zero-order chi connectivity index (χ0) is 8.91. The number of carbonyl (C=O) groups excluding carboxylic acids is 1. The van der Waals surface area contributed by atoms with Crippen molar-refractivity contribution in [2.45, 2.75) is 12.6 Å². The van der Waals surface area contributed by atoms with E-state index in [1.54, 1.807) is 0 Å². The van der Waals surface area contributed by atoms with E-state index in [-0.39, 0.29) is 0 Å². The van der Waals surface area contributed by atoms with Crippen molar-refractivity contribution in [3.63, 3.8) is 0 Å². The van der Waals surface area contributed by atoms with Crippen LogP contribution in [0.2, 0.25) is 0 Å². The molecule has 0 fully saturated rings. The molecule has 2 nitrogen and oxygen atoms in total. The highest BCUT2D eigenvalue weighted by Crippen LogP contribution is 2.14. The summed E-state index contributed by atoms with van der Waals surface area (Å²) < 4.78 is 48.8. The molecule has 0 saturated heterocycles. The second-order valence-corrected chi connectivity index (χ2v) is 1.71. The van der Waals surface area contributed by atoms with Gasteiger partial charge in [0.1, 0.15) is 0 Å². The van der Waals surface area contributed by atoms with Crippen molar-refractivity contribution in [1.29, 1.82) is 0 Å². The predicted octanol–water partition coefficient (Wildman–Crippen LogP) is 1.45. The fourth-order valence-electron chi connectivity index (χ4n) is 0.312. The second-order valence-electron chi connectivity index (χ2n) is 1.71. The van der Waals surface area contributed by atoms with Crippen LogP contribution in [0.4, 0.5) is 17.6 Å². The molecule has 0 bridgehead atoms. The molecular weight excluding hydrogens is 168 g/mol. The van der Waals surface area contributed by atoms with Crippen molar-refractivity contribution < 1.29 is 27.1 Å². The average molecular weight is 174 g/mol. The summed E-state index contributed by atoms with van der Waals surface area (Å²) in [4.78, 5) is 10.1. The molecule has 0 saturated carbocycles. The first kappa shape index (κ1) is 10.2. The van der Waals surface area contributed by atoms with E-state index in [4.69, 9.17) is 0 Å². The number of alkyl halides is 4. The van der Waals surface area contributed by atoms with Crippen LogP contribution < -0.4 is 0 Å². The topological polar surface area (TPSA) is 26.3 Å². The Hall–Kier alpha value is -0.810. The van der Waals surface area contributed by atoms with E-state index in [1.807, 2.05) is 0 Å². The first-order valence-corrected chi connectivity index (χ1v) is 2.74. The summed E-state index contributed by atoms with van der Waals surface area (Å²) in [5.74, 6) is -1.18. The monoisotopic (exact) mass is 174 g/mol. The van der Waals surface area contributed by atoms with E-state index >= 15 is 0 Å². The van der Waals surface area contributed by atoms with Crippen LogP contribution in [-0.2, 0) is 9.53 Å². The standard InChI is InChI=1S/C5H6F4O2/c6-2-1-4(10)11-3-5(7,8)9/h1-3H2. The zero-order valence-electron chi connectivity index (χ0n) is 5.45. The minimum atomic E-state index is -4.54. The number of esters is 1. The van der Waals surface area contributed by atoms with Gasteiger partial charge in [-0.15, -0.1) is 0 Å². The van der Waals surface area contributed by atoms with Gasteiger partial charge in [-0.3, -0.25) is 9.18 Å². The molecule has 6 heteroatoms. The van der Waals surface area contributed by atoms with E-state index in [0.717, 1.165) is 0 Å². The number of rotatable bonds is 3. The summed E-state index contributed by atoms with van der Waals surface area (Å²) in [6.07, 6.45) is -5.16. The molecular formula is C5H6F4O2. The van der Waals surface area contributed by atoms with Crippen LogP contribution >= 0.6 is 0 Å². The fraction of sp³-hybridized carbons (Fsp3) is 0.800. The lowest BCUT2D eigenvalue weighted by Crippen LogP contribution is -2.20. The average Bonchev–Trinajstić information content (AvgIpc) is 1.83. The molecule has 0 aliphatic heterocycles. The van der Waals surface area contributed by atoms with Crippen molar-refractivity contribution in [3.8, 4) is 0 Å². The number of hydrogen-bond acceptors (Lipinski definition) is 2. The van der Waals surface area contributed by atoms with Gasteiger partial charge in [-0.25, -0.2) is 0 Å². The largest absolute Gasteiger partial charge is 0.456 e. The lowest BCUT2D eigenvalue weighted by atomic mass is 10.5. The maximum atomic E-state index is 11.3. The second kappa shape index (κ2) is 4.15. The molecule has 0 amide bonds. The van der Waals surface area contributed by atoms with E-state index < -0.39 is 31.8 Å². The van der Waals surface area contributed by atoms with Crippen LogP contribution in [0.25, 0.3) is 0 Å². The molecule has 0 aliphatic carbocycles. The van der Waals surface area contributed by atoms with Gasteiger partial charge in [0, 0.05) is 0 Å². The van der Waals surface area contributed by atoms with Gasteiger partial charge < -0.3 is 4.74 Å². The lowest BCUT2D eigenvalue weighted by Gasteiger charge is -2.05. The van der Waals surface area contributed by atoms with Crippen molar-refractivity contribution in [2.24, 2.45) is 0 Å². The Morgan fingerprint density at radius 1 is 1.36 bits per heavy atom. The van der Waals surface area contributed by atoms with Crippen LogP contribution in [-0.4, -0.2) is 25.4 Å².